The van der Waals surface area contributed by atoms with Gasteiger partial charge in [-0.15, -0.1) is 0 Å². The number of hydrogen-bond donors (Lipinski definition) is 0. The Morgan fingerprint density at radius 2 is 2.16 bits per heavy atom. The molecule has 2 aromatic rings. The lowest BCUT2D eigenvalue weighted by molar-refractivity contribution is 0.0527. The molecule has 1 aromatic carbocycles. The van der Waals surface area contributed by atoms with Gasteiger partial charge in [0.15, 0.2) is 0 Å². The third-order valence-corrected chi connectivity index (χ3v) is 3.89. The van der Waals surface area contributed by atoms with E-state index in [0.717, 1.165) is 36.0 Å². The Balaban J connectivity index is 2.34. The first-order chi connectivity index (χ1) is 9.13. The molecule has 19 heavy (non-hydrogen) atoms. The molecule has 3 nitrogen and oxygen atoms in total. The van der Waals surface area contributed by atoms with Crippen LogP contribution in [0, 0.1) is 13.8 Å². The molecule has 0 saturated carbocycles. The van der Waals surface area contributed by atoms with Crippen LogP contribution in [0.5, 0.6) is 0 Å². The van der Waals surface area contributed by atoms with E-state index in [2.05, 4.69) is 30.5 Å². The lowest BCUT2D eigenvalue weighted by atomic mass is 10.0. The zero-order chi connectivity index (χ0) is 13.6. The van der Waals surface area contributed by atoms with Crippen molar-refractivity contribution in [2.45, 2.75) is 40.2 Å². The summed E-state index contributed by atoms with van der Waals surface area (Å²) in [4.78, 5) is 12.3. The molecule has 0 amide bonds. The minimum Gasteiger partial charge on any atom is -0.462 e. The fraction of sp³-hybridized carbons (Fsp3) is 0.438. The van der Waals surface area contributed by atoms with Crippen molar-refractivity contribution in [1.82, 2.24) is 4.57 Å². The largest absolute Gasteiger partial charge is 0.462 e. The minimum atomic E-state index is -0.171. The van der Waals surface area contributed by atoms with E-state index in [1.54, 1.807) is 0 Å². The van der Waals surface area contributed by atoms with Gasteiger partial charge in [0.1, 0.15) is 0 Å². The number of carbonyl (C=O) groups is 1. The standard InChI is InChI=1S/C16H19NO2/c1-4-19-16(18)15-12-6-5-7-17(12)13-9-10(2)8-11(3)14(13)15/h8-9H,4-7H2,1-3H3. The van der Waals surface area contributed by atoms with E-state index in [1.165, 1.54) is 16.6 Å². The zero-order valence-electron chi connectivity index (χ0n) is 11.7. The molecule has 0 spiro atoms. The average molecular weight is 257 g/mol. The topological polar surface area (TPSA) is 31.2 Å². The van der Waals surface area contributed by atoms with Crippen molar-refractivity contribution in [2.24, 2.45) is 0 Å². The molecule has 3 heteroatoms. The maximum atomic E-state index is 12.3. The van der Waals surface area contributed by atoms with Crippen LogP contribution < -0.4 is 0 Å². The van der Waals surface area contributed by atoms with Crippen molar-refractivity contribution in [3.63, 3.8) is 0 Å². The highest BCUT2D eigenvalue weighted by molar-refractivity contribution is 6.07. The Hall–Kier alpha value is -1.77. The van der Waals surface area contributed by atoms with Gasteiger partial charge in [0.25, 0.3) is 0 Å². The van der Waals surface area contributed by atoms with Gasteiger partial charge in [-0.3, -0.25) is 0 Å². The van der Waals surface area contributed by atoms with Crippen molar-refractivity contribution in [2.75, 3.05) is 6.61 Å². The first kappa shape index (κ1) is 12.3. The first-order valence-corrected chi connectivity index (χ1v) is 6.93. The molecule has 0 radical (unpaired) electrons. The van der Waals surface area contributed by atoms with E-state index in [1.807, 2.05) is 6.92 Å². The first-order valence-electron chi connectivity index (χ1n) is 6.93. The SMILES string of the molecule is CCOC(=O)c1c2n(c3cc(C)cc(C)c13)CCC2. The molecule has 2 heterocycles. The van der Waals surface area contributed by atoms with E-state index >= 15 is 0 Å². The molecule has 0 atom stereocenters. The van der Waals surface area contributed by atoms with Gasteiger partial charge in [-0.1, -0.05) is 6.07 Å². The van der Waals surface area contributed by atoms with E-state index < -0.39 is 0 Å². The Bertz CT molecular complexity index is 667. The maximum Gasteiger partial charge on any atom is 0.340 e. The van der Waals surface area contributed by atoms with Gasteiger partial charge in [-0.25, -0.2) is 4.79 Å². The highest BCUT2D eigenvalue weighted by Crippen LogP contribution is 2.34. The maximum absolute atomic E-state index is 12.3. The lowest BCUT2D eigenvalue weighted by Gasteiger charge is -2.05. The average Bonchev–Trinajstić information content (AvgIpc) is 2.90. The molecular weight excluding hydrogens is 238 g/mol. The van der Waals surface area contributed by atoms with Crippen molar-refractivity contribution < 1.29 is 9.53 Å². The summed E-state index contributed by atoms with van der Waals surface area (Å²) in [6.45, 7) is 7.47. The van der Waals surface area contributed by atoms with Crippen LogP contribution in [-0.2, 0) is 17.7 Å². The molecule has 1 aliphatic heterocycles. The molecule has 100 valence electrons. The molecule has 1 aliphatic rings. The van der Waals surface area contributed by atoms with Crippen molar-refractivity contribution in [1.29, 1.82) is 0 Å². The summed E-state index contributed by atoms with van der Waals surface area (Å²) in [5.41, 5.74) is 5.55. The number of fused-ring (bicyclic) bond motifs is 3. The monoisotopic (exact) mass is 257 g/mol. The molecule has 0 fully saturated rings. The fourth-order valence-corrected chi connectivity index (χ4v) is 3.25. The summed E-state index contributed by atoms with van der Waals surface area (Å²) in [7, 11) is 0. The number of benzene rings is 1. The summed E-state index contributed by atoms with van der Waals surface area (Å²) >= 11 is 0. The van der Waals surface area contributed by atoms with E-state index in [4.69, 9.17) is 4.74 Å². The lowest BCUT2D eigenvalue weighted by Crippen LogP contribution is -2.07. The summed E-state index contributed by atoms with van der Waals surface area (Å²) < 4.78 is 7.55. The fourth-order valence-electron chi connectivity index (χ4n) is 3.25. The number of carbonyl (C=O) groups excluding carboxylic acids is 1. The molecular formula is C16H19NO2. The number of esters is 1. The highest BCUT2D eigenvalue weighted by atomic mass is 16.5. The molecule has 0 aliphatic carbocycles. The third-order valence-electron chi connectivity index (χ3n) is 3.89. The van der Waals surface area contributed by atoms with E-state index in [0.29, 0.717) is 6.61 Å². The van der Waals surface area contributed by atoms with Crippen molar-refractivity contribution in [3.05, 3.63) is 34.5 Å². The van der Waals surface area contributed by atoms with Gasteiger partial charge in [-0.2, -0.15) is 0 Å². The number of aryl methyl sites for hydroxylation is 3. The summed E-state index contributed by atoms with van der Waals surface area (Å²) in [6.07, 6.45) is 2.09. The van der Waals surface area contributed by atoms with Crippen LogP contribution in [0.1, 0.15) is 40.5 Å². The van der Waals surface area contributed by atoms with Gasteiger partial charge in [0.05, 0.1) is 12.2 Å². The number of rotatable bonds is 2. The van der Waals surface area contributed by atoms with Crippen LogP contribution >= 0.6 is 0 Å². The quantitative estimate of drug-likeness (QED) is 0.772. The second-order valence-corrected chi connectivity index (χ2v) is 5.27. The molecule has 0 N–H and O–H groups in total. The Kier molecular flexibility index (Phi) is 2.85. The van der Waals surface area contributed by atoms with Gasteiger partial charge >= 0.3 is 5.97 Å². The molecule has 1 aromatic heterocycles. The number of ether oxygens (including phenoxy) is 1. The number of hydrogen-bond acceptors (Lipinski definition) is 2. The molecule has 0 bridgehead atoms. The van der Waals surface area contributed by atoms with Gasteiger partial charge in [-0.05, 0) is 50.8 Å². The van der Waals surface area contributed by atoms with Crippen LogP contribution in [0.15, 0.2) is 12.1 Å². The zero-order valence-corrected chi connectivity index (χ0v) is 11.7. The van der Waals surface area contributed by atoms with Crippen molar-refractivity contribution in [3.8, 4) is 0 Å². The third kappa shape index (κ3) is 1.76. The van der Waals surface area contributed by atoms with Gasteiger partial charge < -0.3 is 9.30 Å². The second kappa shape index (κ2) is 4.41. The van der Waals surface area contributed by atoms with Crippen molar-refractivity contribution >= 4 is 16.9 Å². The summed E-state index contributed by atoms with van der Waals surface area (Å²) in [6, 6.07) is 4.32. The Labute approximate surface area is 113 Å². The molecule has 3 rings (SSSR count). The number of nitrogens with zero attached hydrogens (tertiary/aromatic N) is 1. The van der Waals surface area contributed by atoms with E-state index in [9.17, 15) is 4.79 Å². The van der Waals surface area contributed by atoms with Crippen LogP contribution in [0.25, 0.3) is 10.9 Å². The van der Waals surface area contributed by atoms with Crippen LogP contribution in [0.3, 0.4) is 0 Å². The Morgan fingerprint density at radius 3 is 2.89 bits per heavy atom. The smallest absolute Gasteiger partial charge is 0.340 e. The number of aromatic nitrogens is 1. The molecule has 0 unspecified atom stereocenters. The summed E-state index contributed by atoms with van der Waals surface area (Å²) in [5, 5.41) is 1.08. The molecule has 0 saturated heterocycles. The second-order valence-electron chi connectivity index (χ2n) is 5.27. The predicted molar refractivity (Wildman–Crippen MR) is 75.7 cm³/mol. The van der Waals surface area contributed by atoms with Crippen LogP contribution in [0.4, 0.5) is 0 Å². The predicted octanol–water partition coefficient (Wildman–Crippen LogP) is 3.38. The highest BCUT2D eigenvalue weighted by Gasteiger charge is 2.27. The van der Waals surface area contributed by atoms with Gasteiger partial charge in [0.2, 0.25) is 0 Å². The van der Waals surface area contributed by atoms with Gasteiger partial charge in [0, 0.05) is 23.1 Å². The normalized spacial score (nSPS) is 13.8. The van der Waals surface area contributed by atoms with Crippen LogP contribution in [-0.4, -0.2) is 17.1 Å². The minimum absolute atomic E-state index is 0.171. The van der Waals surface area contributed by atoms with Crippen LogP contribution in [0.2, 0.25) is 0 Å². The summed E-state index contributed by atoms with van der Waals surface area (Å²) in [5.74, 6) is -0.171. The Morgan fingerprint density at radius 1 is 1.37 bits per heavy atom. The van der Waals surface area contributed by atoms with E-state index in [-0.39, 0.29) is 5.97 Å².